The standard InChI is InChI=1S/C27H27Cl2FN2O2/c1-2-14-31-27(34)25(16-19-6-4-3-5-7-19)32(18-20-8-11-22(30)12-9-20)26(33)17-21-10-13-23(28)24(29)15-21/h3-13,15,25H,2,14,16-18H2,1H3,(H,31,34)/t25-/m1/s1. The number of amides is 2. The number of nitrogens with one attached hydrogen (secondary N) is 1. The van der Waals surface area contributed by atoms with Crippen LogP contribution >= 0.6 is 23.2 Å². The van der Waals surface area contributed by atoms with Crippen molar-refractivity contribution in [3.05, 3.63) is 105 Å². The third-order valence-corrected chi connectivity index (χ3v) is 6.16. The fraction of sp³-hybridized carbons (Fsp3) is 0.259. The molecule has 0 fully saturated rings. The average molecular weight is 501 g/mol. The Bertz CT molecular complexity index is 1110. The Hall–Kier alpha value is -2.89. The molecular formula is C27H27Cl2FN2O2. The van der Waals surface area contributed by atoms with Crippen LogP contribution in [0.15, 0.2) is 72.8 Å². The maximum Gasteiger partial charge on any atom is 0.243 e. The van der Waals surface area contributed by atoms with Crippen LogP contribution in [0.25, 0.3) is 0 Å². The van der Waals surface area contributed by atoms with Gasteiger partial charge in [0, 0.05) is 19.5 Å². The number of benzene rings is 3. The quantitative estimate of drug-likeness (QED) is 0.380. The van der Waals surface area contributed by atoms with E-state index in [4.69, 9.17) is 23.2 Å². The monoisotopic (exact) mass is 500 g/mol. The van der Waals surface area contributed by atoms with Gasteiger partial charge in [0.2, 0.25) is 11.8 Å². The fourth-order valence-corrected chi connectivity index (χ4v) is 3.95. The number of carbonyl (C=O) groups excluding carboxylic acids is 2. The van der Waals surface area contributed by atoms with E-state index in [-0.39, 0.29) is 30.6 Å². The van der Waals surface area contributed by atoms with Crippen LogP contribution in [0.1, 0.15) is 30.0 Å². The van der Waals surface area contributed by atoms with E-state index in [1.807, 2.05) is 37.3 Å². The summed E-state index contributed by atoms with van der Waals surface area (Å²) in [5.74, 6) is -0.829. The molecule has 1 atom stereocenters. The van der Waals surface area contributed by atoms with Crippen molar-refractivity contribution in [1.82, 2.24) is 10.2 Å². The van der Waals surface area contributed by atoms with Crippen molar-refractivity contribution >= 4 is 35.0 Å². The Balaban J connectivity index is 1.95. The first kappa shape index (κ1) is 25.7. The molecule has 0 saturated heterocycles. The van der Waals surface area contributed by atoms with Crippen molar-refractivity contribution in [2.24, 2.45) is 0 Å². The van der Waals surface area contributed by atoms with E-state index in [9.17, 15) is 14.0 Å². The van der Waals surface area contributed by atoms with Crippen molar-refractivity contribution in [2.45, 2.75) is 38.8 Å². The molecule has 4 nitrogen and oxygen atoms in total. The molecule has 2 amide bonds. The summed E-state index contributed by atoms with van der Waals surface area (Å²) in [5, 5.41) is 3.70. The van der Waals surface area contributed by atoms with Gasteiger partial charge >= 0.3 is 0 Å². The van der Waals surface area contributed by atoms with Crippen LogP contribution in [-0.4, -0.2) is 29.3 Å². The molecule has 0 bridgehead atoms. The highest BCUT2D eigenvalue weighted by atomic mass is 35.5. The number of carbonyl (C=O) groups is 2. The van der Waals surface area contributed by atoms with Crippen LogP contribution < -0.4 is 5.32 Å². The number of halogens is 3. The van der Waals surface area contributed by atoms with Gasteiger partial charge in [-0.25, -0.2) is 4.39 Å². The third-order valence-electron chi connectivity index (χ3n) is 5.43. The molecule has 34 heavy (non-hydrogen) atoms. The second-order valence-corrected chi connectivity index (χ2v) is 8.88. The fourth-order valence-electron chi connectivity index (χ4n) is 3.63. The van der Waals surface area contributed by atoms with Crippen LogP contribution in [0.5, 0.6) is 0 Å². The summed E-state index contributed by atoms with van der Waals surface area (Å²) in [6.45, 7) is 2.64. The van der Waals surface area contributed by atoms with Gasteiger partial charge in [-0.15, -0.1) is 0 Å². The van der Waals surface area contributed by atoms with Gasteiger partial charge < -0.3 is 10.2 Å². The van der Waals surface area contributed by atoms with Gasteiger partial charge in [-0.05, 0) is 47.4 Å². The predicted molar refractivity (Wildman–Crippen MR) is 134 cm³/mol. The largest absolute Gasteiger partial charge is 0.354 e. The molecule has 0 heterocycles. The normalized spacial score (nSPS) is 11.6. The van der Waals surface area contributed by atoms with Gasteiger partial charge in [0.1, 0.15) is 11.9 Å². The minimum atomic E-state index is -0.741. The molecule has 7 heteroatoms. The number of hydrogen-bond donors (Lipinski definition) is 1. The second-order valence-electron chi connectivity index (χ2n) is 8.07. The summed E-state index contributed by atoms with van der Waals surface area (Å²) in [5.41, 5.74) is 2.35. The topological polar surface area (TPSA) is 49.4 Å². The zero-order chi connectivity index (χ0) is 24.5. The van der Waals surface area contributed by atoms with Crippen LogP contribution in [0.2, 0.25) is 10.0 Å². The van der Waals surface area contributed by atoms with E-state index < -0.39 is 6.04 Å². The third kappa shape index (κ3) is 7.31. The molecule has 3 rings (SSSR count). The van der Waals surface area contributed by atoms with Gasteiger partial charge in [0.25, 0.3) is 0 Å². The lowest BCUT2D eigenvalue weighted by Gasteiger charge is -2.31. The first-order chi connectivity index (χ1) is 16.4. The lowest BCUT2D eigenvalue weighted by molar-refractivity contribution is -0.140. The second kappa shape index (κ2) is 12.5. The van der Waals surface area contributed by atoms with Crippen LogP contribution in [0, 0.1) is 5.82 Å². The molecule has 0 saturated carbocycles. The highest BCUT2D eigenvalue weighted by molar-refractivity contribution is 6.42. The number of rotatable bonds is 10. The molecular weight excluding hydrogens is 474 g/mol. The SMILES string of the molecule is CCCNC(=O)[C@@H](Cc1ccccc1)N(Cc1ccc(F)cc1)C(=O)Cc1ccc(Cl)c(Cl)c1. The molecule has 0 aromatic heterocycles. The van der Waals surface area contributed by atoms with Crippen molar-refractivity contribution in [3.8, 4) is 0 Å². The molecule has 0 aliphatic carbocycles. The summed E-state index contributed by atoms with van der Waals surface area (Å²) in [7, 11) is 0. The molecule has 0 aliphatic rings. The van der Waals surface area contributed by atoms with Crippen LogP contribution in [0.4, 0.5) is 4.39 Å². The molecule has 0 radical (unpaired) electrons. The lowest BCUT2D eigenvalue weighted by atomic mass is 10.0. The molecule has 3 aromatic carbocycles. The van der Waals surface area contributed by atoms with Crippen molar-refractivity contribution in [3.63, 3.8) is 0 Å². The van der Waals surface area contributed by atoms with E-state index in [1.165, 1.54) is 12.1 Å². The van der Waals surface area contributed by atoms with E-state index >= 15 is 0 Å². The van der Waals surface area contributed by atoms with E-state index in [2.05, 4.69) is 5.32 Å². The van der Waals surface area contributed by atoms with E-state index in [0.29, 0.717) is 28.6 Å². The van der Waals surface area contributed by atoms with Crippen LogP contribution in [0.3, 0.4) is 0 Å². The lowest BCUT2D eigenvalue weighted by Crippen LogP contribution is -2.51. The first-order valence-corrected chi connectivity index (χ1v) is 11.9. The van der Waals surface area contributed by atoms with Gasteiger partial charge in [-0.1, -0.05) is 78.7 Å². The summed E-state index contributed by atoms with van der Waals surface area (Å²) >= 11 is 12.2. The summed E-state index contributed by atoms with van der Waals surface area (Å²) in [6, 6.07) is 19.8. The van der Waals surface area contributed by atoms with Crippen molar-refractivity contribution in [2.75, 3.05) is 6.54 Å². The molecule has 0 spiro atoms. The zero-order valence-electron chi connectivity index (χ0n) is 18.9. The molecule has 178 valence electrons. The summed E-state index contributed by atoms with van der Waals surface area (Å²) in [6.07, 6.45) is 1.17. The van der Waals surface area contributed by atoms with Gasteiger partial charge in [-0.3, -0.25) is 9.59 Å². The highest BCUT2D eigenvalue weighted by Crippen LogP contribution is 2.24. The van der Waals surface area contributed by atoms with Crippen LogP contribution in [-0.2, 0) is 29.0 Å². The maximum absolute atomic E-state index is 13.6. The smallest absolute Gasteiger partial charge is 0.243 e. The minimum absolute atomic E-state index is 0.0461. The summed E-state index contributed by atoms with van der Waals surface area (Å²) in [4.78, 5) is 28.4. The summed E-state index contributed by atoms with van der Waals surface area (Å²) < 4.78 is 13.5. The molecule has 1 N–H and O–H groups in total. The average Bonchev–Trinajstić information content (AvgIpc) is 2.84. The van der Waals surface area contributed by atoms with Gasteiger partial charge in [0.15, 0.2) is 0 Å². The molecule has 0 aliphatic heterocycles. The van der Waals surface area contributed by atoms with Gasteiger partial charge in [-0.2, -0.15) is 0 Å². The zero-order valence-corrected chi connectivity index (χ0v) is 20.5. The first-order valence-electron chi connectivity index (χ1n) is 11.2. The van der Waals surface area contributed by atoms with E-state index in [0.717, 1.165) is 17.5 Å². The van der Waals surface area contributed by atoms with E-state index in [1.54, 1.807) is 35.2 Å². The Morgan fingerprint density at radius 3 is 2.24 bits per heavy atom. The predicted octanol–water partition coefficient (Wildman–Crippen LogP) is 5.84. The minimum Gasteiger partial charge on any atom is -0.354 e. The molecule has 3 aromatic rings. The number of hydrogen-bond acceptors (Lipinski definition) is 2. The van der Waals surface area contributed by atoms with Crippen molar-refractivity contribution < 1.29 is 14.0 Å². The Kier molecular flexibility index (Phi) is 9.49. The Morgan fingerprint density at radius 1 is 0.912 bits per heavy atom. The Morgan fingerprint density at radius 2 is 1.59 bits per heavy atom. The Labute approximate surface area is 209 Å². The number of nitrogens with zero attached hydrogens (tertiary/aromatic N) is 1. The van der Waals surface area contributed by atoms with Crippen molar-refractivity contribution in [1.29, 1.82) is 0 Å². The highest BCUT2D eigenvalue weighted by Gasteiger charge is 2.30. The maximum atomic E-state index is 13.6. The molecule has 0 unspecified atom stereocenters. The van der Waals surface area contributed by atoms with Gasteiger partial charge in [0.05, 0.1) is 16.5 Å².